The quantitative estimate of drug-likeness (QED) is 0.159. The van der Waals surface area contributed by atoms with Crippen LogP contribution >= 0.6 is 0 Å². The van der Waals surface area contributed by atoms with Crippen molar-refractivity contribution in [3.8, 4) is 33.9 Å². The number of aryl methyl sites for hydroxylation is 2. The van der Waals surface area contributed by atoms with Crippen LogP contribution in [0.2, 0.25) is 0 Å². The van der Waals surface area contributed by atoms with Crippen molar-refractivity contribution in [1.29, 1.82) is 0 Å². The van der Waals surface area contributed by atoms with Crippen molar-refractivity contribution in [2.45, 2.75) is 72.3 Å². The topological polar surface area (TPSA) is 190 Å². The van der Waals surface area contributed by atoms with Gasteiger partial charge in [-0.1, -0.05) is 51.1 Å². The van der Waals surface area contributed by atoms with Crippen molar-refractivity contribution >= 4 is 40.8 Å². The van der Waals surface area contributed by atoms with Gasteiger partial charge >= 0.3 is 0 Å². The van der Waals surface area contributed by atoms with Gasteiger partial charge in [-0.2, -0.15) is 5.10 Å². The highest BCUT2D eigenvalue weighted by atomic mass is 16.2. The summed E-state index contributed by atoms with van der Waals surface area (Å²) in [7, 11) is 1.72. The highest BCUT2D eigenvalue weighted by molar-refractivity contribution is 6.06. The summed E-state index contributed by atoms with van der Waals surface area (Å²) in [5.74, 6) is 0.379. The SMILES string of the molecule is CC.CCc1nc(-c2cccc3cc(-c4ccc(C(=O)NCc5nc(-c6cccc7c6CN(C6CCC(=O)NC6=O)C7=O)nn5C)nc4)ncc23)c2n1CCN(C=O)C2. The summed E-state index contributed by atoms with van der Waals surface area (Å²) in [6.45, 7) is 8.23. The van der Waals surface area contributed by atoms with Crippen molar-refractivity contribution < 1.29 is 24.0 Å². The van der Waals surface area contributed by atoms with E-state index >= 15 is 0 Å². The molecule has 6 aromatic rings. The van der Waals surface area contributed by atoms with E-state index in [2.05, 4.69) is 37.2 Å². The number of hydrogen-bond acceptors (Lipinski definition) is 10. The molecule has 9 rings (SSSR count). The molecule has 59 heavy (non-hydrogen) atoms. The minimum absolute atomic E-state index is 0.0730. The number of rotatable bonds is 9. The van der Waals surface area contributed by atoms with Crippen molar-refractivity contribution in [1.82, 2.24) is 54.7 Å². The van der Waals surface area contributed by atoms with Crippen LogP contribution in [-0.2, 0) is 54.0 Å². The molecule has 7 heterocycles. The third kappa shape index (κ3) is 7.10. The monoisotopic (exact) mass is 793 g/mol. The molecule has 300 valence electrons. The number of carbonyl (C=O) groups is 5. The summed E-state index contributed by atoms with van der Waals surface area (Å²) in [6.07, 6.45) is 5.58. The Morgan fingerprint density at radius 2 is 1.73 bits per heavy atom. The lowest BCUT2D eigenvalue weighted by molar-refractivity contribution is -0.137. The van der Waals surface area contributed by atoms with Crippen LogP contribution in [0.1, 0.15) is 77.4 Å². The number of fused-ring (bicyclic) bond motifs is 3. The van der Waals surface area contributed by atoms with E-state index in [4.69, 9.17) is 9.97 Å². The summed E-state index contributed by atoms with van der Waals surface area (Å²) >= 11 is 0. The van der Waals surface area contributed by atoms with E-state index in [1.165, 1.54) is 4.90 Å². The Kier molecular flexibility index (Phi) is 10.5. The fourth-order valence-corrected chi connectivity index (χ4v) is 7.98. The molecule has 1 unspecified atom stereocenters. The third-order valence-electron chi connectivity index (χ3n) is 11.0. The first-order chi connectivity index (χ1) is 28.7. The summed E-state index contributed by atoms with van der Waals surface area (Å²) in [4.78, 5) is 84.5. The number of piperidine rings is 1. The zero-order valence-corrected chi connectivity index (χ0v) is 33.2. The van der Waals surface area contributed by atoms with Gasteiger partial charge in [-0.05, 0) is 41.6 Å². The lowest BCUT2D eigenvalue weighted by Crippen LogP contribution is -2.52. The second kappa shape index (κ2) is 16.0. The van der Waals surface area contributed by atoms with Gasteiger partial charge < -0.3 is 19.7 Å². The van der Waals surface area contributed by atoms with Gasteiger partial charge in [-0.15, -0.1) is 0 Å². The molecule has 0 radical (unpaired) electrons. The van der Waals surface area contributed by atoms with Crippen LogP contribution in [0.15, 0.2) is 67.0 Å². The molecule has 0 saturated carbocycles. The minimum atomic E-state index is -0.732. The standard InChI is InChI=1S/C41H37N11O5.C2H6/c1-3-34-45-37(33-21-50(22-53)14-15-51(33)34)25-7-4-6-23-16-31(43-18-28(23)25)24-10-11-30(42-17-24)39(55)44-19-35-46-38(48-49(35)2)26-8-5-9-27-29(26)20-52(41(27)57)32-12-13-36(54)47-40(32)56;1-2/h4-11,16-18,22,32H,3,12-15,19-21H2,1-2H3,(H,44,55)(H,47,54,56);1-2H3. The summed E-state index contributed by atoms with van der Waals surface area (Å²) < 4.78 is 3.80. The lowest BCUT2D eigenvalue weighted by atomic mass is 10.0. The summed E-state index contributed by atoms with van der Waals surface area (Å²) in [6, 6.07) is 16.1. The van der Waals surface area contributed by atoms with E-state index in [1.807, 2.05) is 56.4 Å². The molecule has 3 aliphatic rings. The number of nitrogens with zero attached hydrogens (tertiary/aromatic N) is 9. The molecule has 0 bridgehead atoms. The molecule has 16 heteroatoms. The fourth-order valence-electron chi connectivity index (χ4n) is 7.98. The number of imidazole rings is 1. The molecule has 0 aliphatic carbocycles. The van der Waals surface area contributed by atoms with Crippen LogP contribution in [-0.4, -0.2) is 86.7 Å². The van der Waals surface area contributed by atoms with Gasteiger partial charge in [-0.3, -0.25) is 43.9 Å². The number of benzene rings is 2. The Morgan fingerprint density at radius 3 is 2.49 bits per heavy atom. The molecule has 0 spiro atoms. The Hall–Kier alpha value is -7.10. The maximum Gasteiger partial charge on any atom is 0.270 e. The van der Waals surface area contributed by atoms with E-state index < -0.39 is 17.9 Å². The van der Waals surface area contributed by atoms with Crippen molar-refractivity contribution in [2.24, 2.45) is 7.05 Å². The lowest BCUT2D eigenvalue weighted by Gasteiger charge is -2.29. The average molecular weight is 794 g/mol. The number of imide groups is 1. The van der Waals surface area contributed by atoms with Gasteiger partial charge in [0.2, 0.25) is 18.2 Å². The predicted molar refractivity (Wildman–Crippen MR) is 217 cm³/mol. The number of nitrogens with one attached hydrogen (secondary N) is 2. The molecule has 1 fully saturated rings. The highest BCUT2D eigenvalue weighted by Gasteiger charge is 2.40. The Balaban J connectivity index is 0.00000238. The Bertz CT molecular complexity index is 2650. The second-order valence-electron chi connectivity index (χ2n) is 14.3. The first kappa shape index (κ1) is 38.8. The number of aromatic nitrogens is 7. The van der Waals surface area contributed by atoms with Gasteiger partial charge in [0.15, 0.2) is 5.82 Å². The third-order valence-corrected chi connectivity index (χ3v) is 11.0. The fraction of sp³-hybridized carbons (Fsp3) is 0.302. The number of pyridine rings is 2. The first-order valence-electron chi connectivity index (χ1n) is 19.8. The van der Waals surface area contributed by atoms with Crippen LogP contribution in [0.5, 0.6) is 0 Å². The van der Waals surface area contributed by atoms with E-state index in [-0.39, 0.29) is 43.4 Å². The molecular formula is C43H43N11O5. The van der Waals surface area contributed by atoms with E-state index in [0.29, 0.717) is 47.1 Å². The minimum Gasteiger partial charge on any atom is -0.343 e. The average Bonchev–Trinajstić information content (AvgIpc) is 3.94. The highest BCUT2D eigenvalue weighted by Crippen LogP contribution is 2.35. The van der Waals surface area contributed by atoms with E-state index in [0.717, 1.165) is 58.5 Å². The van der Waals surface area contributed by atoms with Gasteiger partial charge in [0.25, 0.3) is 11.8 Å². The van der Waals surface area contributed by atoms with Gasteiger partial charge in [0, 0.05) is 79.6 Å². The largest absolute Gasteiger partial charge is 0.343 e. The molecule has 3 aliphatic heterocycles. The second-order valence-corrected chi connectivity index (χ2v) is 14.3. The predicted octanol–water partition coefficient (Wildman–Crippen LogP) is 4.21. The number of hydrogen-bond donors (Lipinski definition) is 2. The van der Waals surface area contributed by atoms with Gasteiger partial charge in [0.05, 0.1) is 30.2 Å². The van der Waals surface area contributed by atoms with Gasteiger partial charge in [-0.25, -0.2) is 9.97 Å². The number of carbonyl (C=O) groups excluding carboxylic acids is 5. The van der Waals surface area contributed by atoms with Crippen LogP contribution in [0.25, 0.3) is 44.7 Å². The smallest absolute Gasteiger partial charge is 0.270 e. The maximum atomic E-state index is 13.3. The molecule has 1 saturated heterocycles. The van der Waals surface area contributed by atoms with Crippen molar-refractivity contribution in [3.63, 3.8) is 0 Å². The van der Waals surface area contributed by atoms with Gasteiger partial charge in [0.1, 0.15) is 23.4 Å². The van der Waals surface area contributed by atoms with Crippen LogP contribution < -0.4 is 10.6 Å². The maximum absolute atomic E-state index is 13.3. The number of amides is 5. The molecule has 2 aromatic carbocycles. The molecular weight excluding hydrogens is 751 g/mol. The molecule has 1 atom stereocenters. The van der Waals surface area contributed by atoms with Crippen LogP contribution in [0.3, 0.4) is 0 Å². The summed E-state index contributed by atoms with van der Waals surface area (Å²) in [5, 5.41) is 11.7. The van der Waals surface area contributed by atoms with E-state index in [1.54, 1.807) is 41.0 Å². The van der Waals surface area contributed by atoms with E-state index in [9.17, 15) is 24.0 Å². The van der Waals surface area contributed by atoms with Crippen LogP contribution in [0.4, 0.5) is 0 Å². The molecule has 2 N–H and O–H groups in total. The van der Waals surface area contributed by atoms with Crippen molar-refractivity contribution in [3.05, 3.63) is 101 Å². The molecule has 4 aromatic heterocycles. The zero-order valence-electron chi connectivity index (χ0n) is 33.2. The zero-order chi connectivity index (χ0) is 41.4. The molecule has 16 nitrogen and oxygen atoms in total. The normalized spacial score (nSPS) is 16.0. The first-order valence-corrected chi connectivity index (χ1v) is 19.8. The van der Waals surface area contributed by atoms with Crippen molar-refractivity contribution in [2.75, 3.05) is 6.54 Å². The Labute approximate surface area is 339 Å². The van der Waals surface area contributed by atoms with Crippen LogP contribution in [0, 0.1) is 0 Å². The molecule has 5 amide bonds. The Morgan fingerprint density at radius 1 is 0.932 bits per heavy atom. The summed E-state index contributed by atoms with van der Waals surface area (Å²) in [5.41, 5.74) is 6.33.